The summed E-state index contributed by atoms with van der Waals surface area (Å²) in [5.74, 6) is 0.911. The molecule has 0 bridgehead atoms. The standard InChI is InChI=1S/C14H13BrO/c1-11-2-8-14(9-3-11)16-10-12-4-6-13(15)7-5-12/h2-9H,10H2,1H3. The van der Waals surface area contributed by atoms with Gasteiger partial charge in [0.25, 0.3) is 0 Å². The molecule has 2 heteroatoms. The van der Waals surface area contributed by atoms with Crippen LogP contribution in [-0.4, -0.2) is 0 Å². The number of hydrogen-bond acceptors (Lipinski definition) is 1. The number of benzene rings is 2. The molecule has 0 radical (unpaired) electrons. The molecule has 2 aromatic rings. The minimum atomic E-state index is 0.607. The van der Waals surface area contributed by atoms with Crippen molar-refractivity contribution >= 4 is 15.9 Å². The second-order valence-electron chi connectivity index (χ2n) is 3.73. The van der Waals surface area contributed by atoms with Crippen molar-refractivity contribution in [3.8, 4) is 5.75 Å². The number of rotatable bonds is 3. The molecule has 0 N–H and O–H groups in total. The van der Waals surface area contributed by atoms with Crippen molar-refractivity contribution in [1.29, 1.82) is 0 Å². The maximum Gasteiger partial charge on any atom is 0.119 e. The zero-order valence-electron chi connectivity index (χ0n) is 9.11. The lowest BCUT2D eigenvalue weighted by molar-refractivity contribution is 0.306. The van der Waals surface area contributed by atoms with Gasteiger partial charge in [-0.2, -0.15) is 0 Å². The van der Waals surface area contributed by atoms with Crippen molar-refractivity contribution in [1.82, 2.24) is 0 Å². The highest BCUT2D eigenvalue weighted by atomic mass is 79.9. The Balaban J connectivity index is 1.97. The fourth-order valence-electron chi connectivity index (χ4n) is 1.38. The lowest BCUT2D eigenvalue weighted by atomic mass is 10.2. The summed E-state index contributed by atoms with van der Waals surface area (Å²) in [6.45, 7) is 2.68. The summed E-state index contributed by atoms with van der Waals surface area (Å²) in [6.07, 6.45) is 0. The first kappa shape index (κ1) is 11.2. The quantitative estimate of drug-likeness (QED) is 0.811. The van der Waals surface area contributed by atoms with E-state index in [9.17, 15) is 0 Å². The van der Waals surface area contributed by atoms with E-state index in [2.05, 4.69) is 47.1 Å². The molecule has 82 valence electrons. The molecule has 16 heavy (non-hydrogen) atoms. The Hall–Kier alpha value is -1.28. The van der Waals surface area contributed by atoms with Gasteiger partial charge in [0, 0.05) is 4.47 Å². The third-order valence-corrected chi connectivity index (χ3v) is 2.87. The highest BCUT2D eigenvalue weighted by molar-refractivity contribution is 9.10. The predicted octanol–water partition coefficient (Wildman–Crippen LogP) is 4.34. The van der Waals surface area contributed by atoms with Gasteiger partial charge < -0.3 is 4.74 Å². The van der Waals surface area contributed by atoms with Gasteiger partial charge in [0.2, 0.25) is 0 Å². The van der Waals surface area contributed by atoms with E-state index in [4.69, 9.17) is 4.74 Å². The molecule has 0 atom stereocenters. The van der Waals surface area contributed by atoms with Gasteiger partial charge >= 0.3 is 0 Å². The summed E-state index contributed by atoms with van der Waals surface area (Å²) in [4.78, 5) is 0. The molecular formula is C14H13BrO. The summed E-state index contributed by atoms with van der Waals surface area (Å²) in [7, 11) is 0. The Labute approximate surface area is 104 Å². The van der Waals surface area contributed by atoms with Gasteiger partial charge in [0.15, 0.2) is 0 Å². The van der Waals surface area contributed by atoms with Crippen LogP contribution in [0.4, 0.5) is 0 Å². The first-order valence-electron chi connectivity index (χ1n) is 5.18. The van der Waals surface area contributed by atoms with E-state index in [0.717, 1.165) is 10.2 Å². The van der Waals surface area contributed by atoms with Crippen LogP contribution in [0.3, 0.4) is 0 Å². The van der Waals surface area contributed by atoms with Crippen LogP contribution in [0.15, 0.2) is 53.0 Å². The van der Waals surface area contributed by atoms with E-state index >= 15 is 0 Å². The molecule has 0 fully saturated rings. The molecule has 0 amide bonds. The number of hydrogen-bond donors (Lipinski definition) is 0. The van der Waals surface area contributed by atoms with Crippen LogP contribution in [0.2, 0.25) is 0 Å². The van der Waals surface area contributed by atoms with Crippen molar-refractivity contribution in [2.24, 2.45) is 0 Å². The summed E-state index contributed by atoms with van der Waals surface area (Å²) >= 11 is 3.41. The second-order valence-corrected chi connectivity index (χ2v) is 4.64. The Kier molecular flexibility index (Phi) is 3.62. The zero-order valence-corrected chi connectivity index (χ0v) is 10.7. The van der Waals surface area contributed by atoms with E-state index < -0.39 is 0 Å². The molecule has 2 aromatic carbocycles. The molecule has 0 unspecified atom stereocenters. The molecule has 1 nitrogen and oxygen atoms in total. The first-order valence-corrected chi connectivity index (χ1v) is 5.97. The fraction of sp³-hybridized carbons (Fsp3) is 0.143. The molecule has 0 spiro atoms. The molecule has 2 rings (SSSR count). The SMILES string of the molecule is Cc1ccc(OCc2ccc(Br)cc2)cc1. The number of aryl methyl sites for hydroxylation is 1. The van der Waals surface area contributed by atoms with Gasteiger partial charge in [0.1, 0.15) is 12.4 Å². The Morgan fingerprint density at radius 2 is 1.56 bits per heavy atom. The smallest absolute Gasteiger partial charge is 0.119 e. The van der Waals surface area contributed by atoms with Gasteiger partial charge in [-0.25, -0.2) is 0 Å². The second kappa shape index (κ2) is 5.17. The van der Waals surface area contributed by atoms with E-state index in [1.165, 1.54) is 11.1 Å². The van der Waals surface area contributed by atoms with Crippen molar-refractivity contribution in [2.45, 2.75) is 13.5 Å². The molecule has 0 saturated carbocycles. The van der Waals surface area contributed by atoms with Crippen LogP contribution in [0, 0.1) is 6.92 Å². The molecule has 0 aliphatic carbocycles. The molecule has 0 aromatic heterocycles. The average molecular weight is 277 g/mol. The van der Waals surface area contributed by atoms with E-state index in [1.54, 1.807) is 0 Å². The maximum atomic E-state index is 5.67. The summed E-state index contributed by atoms with van der Waals surface area (Å²) in [5, 5.41) is 0. The van der Waals surface area contributed by atoms with Gasteiger partial charge in [-0.05, 0) is 36.8 Å². The predicted molar refractivity (Wildman–Crippen MR) is 69.7 cm³/mol. The summed E-state index contributed by atoms with van der Waals surface area (Å²) in [5.41, 5.74) is 2.42. The van der Waals surface area contributed by atoms with Crippen LogP contribution >= 0.6 is 15.9 Å². The van der Waals surface area contributed by atoms with Crippen LogP contribution in [0.5, 0.6) is 5.75 Å². The highest BCUT2D eigenvalue weighted by Crippen LogP contribution is 2.15. The Morgan fingerprint density at radius 3 is 2.19 bits per heavy atom. The summed E-state index contributed by atoms with van der Waals surface area (Å²) < 4.78 is 6.76. The third kappa shape index (κ3) is 3.11. The largest absolute Gasteiger partial charge is 0.489 e. The monoisotopic (exact) mass is 276 g/mol. The minimum Gasteiger partial charge on any atom is -0.489 e. The van der Waals surface area contributed by atoms with Gasteiger partial charge in [-0.1, -0.05) is 45.8 Å². The van der Waals surface area contributed by atoms with E-state index in [1.807, 2.05) is 24.3 Å². The van der Waals surface area contributed by atoms with Crippen LogP contribution in [0.25, 0.3) is 0 Å². The average Bonchev–Trinajstić information content (AvgIpc) is 2.30. The third-order valence-electron chi connectivity index (χ3n) is 2.34. The van der Waals surface area contributed by atoms with E-state index in [0.29, 0.717) is 6.61 Å². The van der Waals surface area contributed by atoms with Crippen LogP contribution in [-0.2, 0) is 6.61 Å². The summed E-state index contributed by atoms with van der Waals surface area (Å²) in [6, 6.07) is 16.2. The molecule has 0 aliphatic heterocycles. The molecule has 0 saturated heterocycles. The molecule has 0 aliphatic rings. The Morgan fingerprint density at radius 1 is 0.938 bits per heavy atom. The maximum absolute atomic E-state index is 5.67. The lowest BCUT2D eigenvalue weighted by Gasteiger charge is -2.06. The number of halogens is 1. The topological polar surface area (TPSA) is 9.23 Å². The highest BCUT2D eigenvalue weighted by Gasteiger charge is 1.95. The zero-order chi connectivity index (χ0) is 11.4. The first-order chi connectivity index (χ1) is 7.74. The van der Waals surface area contributed by atoms with Crippen molar-refractivity contribution in [3.63, 3.8) is 0 Å². The fourth-order valence-corrected chi connectivity index (χ4v) is 1.65. The van der Waals surface area contributed by atoms with Gasteiger partial charge in [-0.3, -0.25) is 0 Å². The van der Waals surface area contributed by atoms with Gasteiger partial charge in [-0.15, -0.1) is 0 Å². The van der Waals surface area contributed by atoms with Gasteiger partial charge in [0.05, 0.1) is 0 Å². The lowest BCUT2D eigenvalue weighted by Crippen LogP contribution is -1.94. The van der Waals surface area contributed by atoms with Crippen LogP contribution < -0.4 is 4.74 Å². The molecule has 0 heterocycles. The minimum absolute atomic E-state index is 0.607. The van der Waals surface area contributed by atoms with Crippen molar-refractivity contribution < 1.29 is 4.74 Å². The number of ether oxygens (including phenoxy) is 1. The Bertz CT molecular complexity index is 400. The van der Waals surface area contributed by atoms with E-state index in [-0.39, 0.29) is 0 Å². The van der Waals surface area contributed by atoms with Crippen molar-refractivity contribution in [3.05, 3.63) is 64.1 Å². The normalized spacial score (nSPS) is 10.1. The van der Waals surface area contributed by atoms with Crippen molar-refractivity contribution in [2.75, 3.05) is 0 Å². The molecular weight excluding hydrogens is 264 g/mol. The van der Waals surface area contributed by atoms with Crippen LogP contribution in [0.1, 0.15) is 11.1 Å².